The van der Waals surface area contributed by atoms with Crippen LogP contribution in [0, 0.1) is 11.8 Å². The van der Waals surface area contributed by atoms with E-state index in [1.54, 1.807) is 7.11 Å². The van der Waals surface area contributed by atoms with Gasteiger partial charge in [-0.25, -0.2) is 0 Å². The van der Waals surface area contributed by atoms with E-state index in [0.29, 0.717) is 19.3 Å². The maximum Gasteiger partial charge on any atom is 0.210 e. The average Bonchev–Trinajstić information content (AvgIpc) is 2.50. The van der Waals surface area contributed by atoms with Crippen LogP contribution in [0.1, 0.15) is 32.1 Å². The predicted octanol–water partition coefficient (Wildman–Crippen LogP) is 0.0317. The number of fused-ring (bicyclic) bond motifs is 1. The third kappa shape index (κ3) is 2.98. The van der Waals surface area contributed by atoms with Crippen molar-refractivity contribution in [3.63, 3.8) is 0 Å². The van der Waals surface area contributed by atoms with Gasteiger partial charge in [-0.15, -0.1) is 0 Å². The van der Waals surface area contributed by atoms with Crippen LogP contribution in [0.5, 0.6) is 0 Å². The number of aliphatic hydroxyl groups is 4. The highest BCUT2D eigenvalue weighted by atomic mass is 16.5. The number of Topliss-reactive ketones (excluding diaryl/α,β-unsaturated/α-hetero) is 1. The molecule has 7 atom stereocenters. The molecule has 0 spiro atoms. The molecule has 0 aromatic heterocycles. The molecule has 7 heteroatoms. The molecule has 0 saturated heterocycles. The molecule has 0 bridgehead atoms. The first-order valence-corrected chi connectivity index (χ1v) is 8.13. The molecule has 3 rings (SSSR count). The highest BCUT2D eigenvalue weighted by Crippen LogP contribution is 2.41. The monoisotopic (exact) mass is 328 g/mol. The van der Waals surface area contributed by atoms with E-state index >= 15 is 0 Å². The van der Waals surface area contributed by atoms with E-state index in [1.165, 1.54) is 0 Å². The number of hydrogen-bond acceptors (Lipinski definition) is 7. The summed E-state index contributed by atoms with van der Waals surface area (Å²) in [5, 5.41) is 40.1. The first-order valence-electron chi connectivity index (χ1n) is 8.13. The van der Waals surface area contributed by atoms with Gasteiger partial charge >= 0.3 is 0 Å². The average molecular weight is 328 g/mol. The van der Waals surface area contributed by atoms with Crippen LogP contribution in [0.2, 0.25) is 0 Å². The Kier molecular flexibility index (Phi) is 4.64. The lowest BCUT2D eigenvalue weighted by atomic mass is 9.76. The minimum Gasteiger partial charge on any atom is -0.502 e. The number of carbonyl (C=O) groups excluding carboxylic acids is 1. The topological polar surface area (TPSA) is 116 Å². The second kappa shape index (κ2) is 6.39. The second-order valence-corrected chi connectivity index (χ2v) is 6.80. The van der Waals surface area contributed by atoms with Crippen molar-refractivity contribution in [2.45, 2.75) is 62.6 Å². The van der Waals surface area contributed by atoms with Crippen molar-refractivity contribution in [1.82, 2.24) is 0 Å². The number of methoxy groups -OCH3 is 1. The Balaban J connectivity index is 1.81. The molecule has 7 unspecified atom stereocenters. The summed E-state index contributed by atoms with van der Waals surface area (Å²) in [6.07, 6.45) is -1.38. The van der Waals surface area contributed by atoms with Gasteiger partial charge in [0.2, 0.25) is 5.78 Å². The highest BCUT2D eigenvalue weighted by Gasteiger charge is 2.49. The lowest BCUT2D eigenvalue weighted by Gasteiger charge is -2.42. The highest BCUT2D eigenvalue weighted by molar-refractivity contribution is 5.97. The van der Waals surface area contributed by atoms with Crippen molar-refractivity contribution >= 4 is 5.78 Å². The van der Waals surface area contributed by atoms with Gasteiger partial charge in [0.05, 0.1) is 30.3 Å². The van der Waals surface area contributed by atoms with Gasteiger partial charge in [-0.3, -0.25) is 4.79 Å². The molecule has 2 fully saturated rings. The molecule has 1 aliphatic heterocycles. The first kappa shape index (κ1) is 16.7. The minimum atomic E-state index is -1.02. The summed E-state index contributed by atoms with van der Waals surface area (Å²) in [4.78, 5) is 12.4. The number of hydrogen-bond donors (Lipinski definition) is 4. The van der Waals surface area contributed by atoms with Gasteiger partial charge in [-0.1, -0.05) is 0 Å². The normalized spacial score (nSPS) is 44.7. The van der Waals surface area contributed by atoms with Crippen LogP contribution < -0.4 is 0 Å². The molecule has 23 heavy (non-hydrogen) atoms. The van der Waals surface area contributed by atoms with Crippen molar-refractivity contribution in [3.8, 4) is 0 Å². The van der Waals surface area contributed by atoms with E-state index < -0.39 is 41.9 Å². The molecular formula is C16H24O7. The zero-order valence-corrected chi connectivity index (χ0v) is 13.1. The molecule has 4 N–H and O–H groups in total. The third-order valence-electron chi connectivity index (χ3n) is 5.31. The lowest BCUT2D eigenvalue weighted by molar-refractivity contribution is -0.149. The van der Waals surface area contributed by atoms with E-state index in [1.807, 2.05) is 0 Å². The smallest absolute Gasteiger partial charge is 0.210 e. The molecule has 3 aliphatic rings. The maximum absolute atomic E-state index is 12.4. The van der Waals surface area contributed by atoms with Crippen LogP contribution in [0.25, 0.3) is 0 Å². The quantitative estimate of drug-likeness (QED) is 0.565. The largest absolute Gasteiger partial charge is 0.502 e. The Morgan fingerprint density at radius 2 is 1.83 bits per heavy atom. The Labute approximate surface area is 134 Å². The number of ether oxygens (including phenoxy) is 2. The van der Waals surface area contributed by atoms with Crippen LogP contribution in [-0.2, 0) is 14.3 Å². The Morgan fingerprint density at radius 1 is 1.09 bits per heavy atom. The lowest BCUT2D eigenvalue weighted by Crippen LogP contribution is -2.51. The molecule has 1 heterocycles. The van der Waals surface area contributed by atoms with Crippen molar-refractivity contribution < 1.29 is 34.7 Å². The molecule has 2 saturated carbocycles. The van der Waals surface area contributed by atoms with Gasteiger partial charge in [-0.05, 0) is 19.3 Å². The summed E-state index contributed by atoms with van der Waals surface area (Å²) in [5.41, 5.74) is 0. The zero-order chi connectivity index (χ0) is 16.7. The molecule has 0 aromatic carbocycles. The fourth-order valence-corrected chi connectivity index (χ4v) is 4.07. The van der Waals surface area contributed by atoms with Gasteiger partial charge in [0.25, 0.3) is 0 Å². The Bertz CT molecular complexity index is 503. The Morgan fingerprint density at radius 3 is 2.48 bits per heavy atom. The summed E-state index contributed by atoms with van der Waals surface area (Å²) in [6.45, 7) is 0. The molecule has 0 amide bonds. The van der Waals surface area contributed by atoms with E-state index in [9.17, 15) is 25.2 Å². The molecule has 130 valence electrons. The minimum absolute atomic E-state index is 0.108. The van der Waals surface area contributed by atoms with Gasteiger partial charge in [-0.2, -0.15) is 0 Å². The van der Waals surface area contributed by atoms with Gasteiger partial charge in [0, 0.05) is 25.9 Å². The predicted molar refractivity (Wildman–Crippen MR) is 78.4 cm³/mol. The Hall–Kier alpha value is -1.15. The zero-order valence-electron chi connectivity index (χ0n) is 13.1. The van der Waals surface area contributed by atoms with Crippen LogP contribution in [-0.4, -0.2) is 63.8 Å². The second-order valence-electron chi connectivity index (χ2n) is 6.80. The molecule has 0 aromatic rings. The molecular weight excluding hydrogens is 304 g/mol. The number of allylic oxidation sites excluding steroid dienone is 2. The van der Waals surface area contributed by atoms with Crippen molar-refractivity contribution in [1.29, 1.82) is 0 Å². The van der Waals surface area contributed by atoms with Crippen LogP contribution in [0.15, 0.2) is 11.5 Å². The molecule has 0 radical (unpaired) electrons. The fraction of sp³-hybridized carbons (Fsp3) is 0.812. The van der Waals surface area contributed by atoms with Crippen molar-refractivity contribution in [3.05, 3.63) is 11.5 Å². The van der Waals surface area contributed by atoms with E-state index in [-0.39, 0.29) is 30.6 Å². The van der Waals surface area contributed by atoms with Gasteiger partial charge in [0.15, 0.2) is 5.76 Å². The van der Waals surface area contributed by atoms with Crippen LogP contribution in [0.3, 0.4) is 0 Å². The van der Waals surface area contributed by atoms with Gasteiger partial charge in [0.1, 0.15) is 11.9 Å². The number of rotatable bonds is 2. The summed E-state index contributed by atoms with van der Waals surface area (Å²) < 4.78 is 11.0. The maximum atomic E-state index is 12.4. The number of ketones is 1. The van der Waals surface area contributed by atoms with Crippen molar-refractivity contribution in [2.75, 3.05) is 7.11 Å². The SMILES string of the molecule is COC1CCC(C2=C(O)C(=O)C3C(O)CC(O)CC3O2)CC1O. The van der Waals surface area contributed by atoms with Crippen LogP contribution >= 0.6 is 0 Å². The molecule has 7 nitrogen and oxygen atoms in total. The van der Waals surface area contributed by atoms with Gasteiger partial charge < -0.3 is 29.9 Å². The summed E-state index contributed by atoms with van der Waals surface area (Å²) in [5.74, 6) is -1.89. The fourth-order valence-electron chi connectivity index (χ4n) is 4.07. The molecule has 2 aliphatic carbocycles. The standard InChI is InChI=1S/C16H24O7/c1-22-11-3-2-7(4-9(11)18)16-15(21)14(20)13-10(19)5-8(17)6-12(13)23-16/h7-13,17-19,21H,2-6H2,1H3. The summed E-state index contributed by atoms with van der Waals surface area (Å²) >= 11 is 0. The first-order chi connectivity index (χ1) is 10.9. The van der Waals surface area contributed by atoms with Crippen LogP contribution in [0.4, 0.5) is 0 Å². The van der Waals surface area contributed by atoms with E-state index in [2.05, 4.69) is 0 Å². The summed E-state index contributed by atoms with van der Waals surface area (Å²) in [6, 6.07) is 0. The van der Waals surface area contributed by atoms with E-state index in [4.69, 9.17) is 9.47 Å². The number of aliphatic hydroxyl groups excluding tert-OH is 4. The third-order valence-corrected chi connectivity index (χ3v) is 5.31. The number of carbonyl (C=O) groups is 1. The van der Waals surface area contributed by atoms with Crippen molar-refractivity contribution in [2.24, 2.45) is 11.8 Å². The van der Waals surface area contributed by atoms with E-state index in [0.717, 1.165) is 0 Å². The summed E-state index contributed by atoms with van der Waals surface area (Å²) in [7, 11) is 1.54.